The van der Waals surface area contributed by atoms with Gasteiger partial charge in [0.25, 0.3) is 0 Å². The molecule has 2 bridgehead atoms. The molecule has 1 amide bonds. The fraction of sp³-hybridized carbons (Fsp3) is 0.739. The van der Waals surface area contributed by atoms with Gasteiger partial charge < -0.3 is 20.0 Å². The number of aliphatic imine (C=N–C) groups is 1. The van der Waals surface area contributed by atoms with Gasteiger partial charge in [0.2, 0.25) is 5.91 Å². The molecule has 4 atom stereocenters. The van der Waals surface area contributed by atoms with Crippen molar-refractivity contribution in [1.82, 2.24) is 20.4 Å². The van der Waals surface area contributed by atoms with Crippen LogP contribution in [0.3, 0.4) is 0 Å². The number of likely N-dealkylation sites (tertiary alicyclic amines) is 1. The lowest BCUT2D eigenvalue weighted by molar-refractivity contribution is -0.127. The second-order valence-corrected chi connectivity index (χ2v) is 9.39. The molecule has 30 heavy (non-hydrogen) atoms. The van der Waals surface area contributed by atoms with E-state index in [9.17, 15) is 4.79 Å². The zero-order chi connectivity index (χ0) is 20.9. The summed E-state index contributed by atoms with van der Waals surface area (Å²) in [5.41, 5.74) is 0. The maximum Gasteiger partial charge on any atom is 0.243 e. The molecule has 166 valence electrons. The van der Waals surface area contributed by atoms with Crippen LogP contribution >= 0.6 is 0 Å². The fourth-order valence-corrected chi connectivity index (χ4v) is 5.35. The molecule has 1 saturated heterocycles. The van der Waals surface area contributed by atoms with E-state index in [1.165, 1.54) is 44.9 Å². The van der Waals surface area contributed by atoms with Crippen molar-refractivity contribution in [2.75, 3.05) is 40.3 Å². The van der Waals surface area contributed by atoms with Crippen LogP contribution in [0.4, 0.5) is 0 Å². The third-order valence-electron chi connectivity index (χ3n) is 7.10. The van der Waals surface area contributed by atoms with Crippen molar-refractivity contribution >= 4 is 11.9 Å². The minimum Gasteiger partial charge on any atom is -0.468 e. The molecule has 7 nitrogen and oxygen atoms in total. The molecular formula is C23H37N5O2. The number of rotatable bonds is 7. The number of likely N-dealkylation sites (N-methyl/N-ethyl adjacent to an activating group) is 1. The molecule has 1 aromatic rings. The van der Waals surface area contributed by atoms with Crippen LogP contribution in [0.2, 0.25) is 0 Å². The molecule has 0 spiro atoms. The minimum atomic E-state index is 0.0163. The number of hydrogen-bond acceptors (Lipinski definition) is 4. The van der Waals surface area contributed by atoms with E-state index in [1.807, 2.05) is 6.07 Å². The summed E-state index contributed by atoms with van der Waals surface area (Å²) < 4.78 is 5.78. The van der Waals surface area contributed by atoms with E-state index in [4.69, 9.17) is 4.42 Å². The van der Waals surface area contributed by atoms with E-state index in [-0.39, 0.29) is 18.5 Å². The summed E-state index contributed by atoms with van der Waals surface area (Å²) in [4.78, 5) is 20.9. The molecule has 2 N–H and O–H groups in total. The highest BCUT2D eigenvalue weighted by molar-refractivity contribution is 5.85. The number of carbonyl (C=O) groups is 1. The first kappa shape index (κ1) is 21.2. The maximum atomic E-state index is 12.1. The van der Waals surface area contributed by atoms with Crippen molar-refractivity contribution < 1.29 is 9.21 Å². The number of amides is 1. The molecule has 2 heterocycles. The standard InChI is InChI=1S/C23H37N5O2/c1-27(2)22(29)16-25-23(26-19-14-17-8-9-18(19)13-17)24-15-20(21-7-6-12-30-21)28-10-4-3-5-11-28/h6-7,12,17-20H,3-5,8-11,13-16H2,1-2H3,(H2,24,25,26). The predicted octanol–water partition coefficient (Wildman–Crippen LogP) is 2.62. The zero-order valence-corrected chi connectivity index (χ0v) is 18.5. The van der Waals surface area contributed by atoms with Gasteiger partial charge in [-0.1, -0.05) is 12.8 Å². The normalized spacial score (nSPS) is 27.8. The Bertz CT molecular complexity index is 711. The Balaban J connectivity index is 1.43. The van der Waals surface area contributed by atoms with E-state index in [1.54, 1.807) is 25.3 Å². The zero-order valence-electron chi connectivity index (χ0n) is 18.5. The lowest BCUT2D eigenvalue weighted by Gasteiger charge is -2.34. The van der Waals surface area contributed by atoms with Gasteiger partial charge in [0, 0.05) is 26.7 Å². The van der Waals surface area contributed by atoms with E-state index in [0.717, 1.165) is 43.2 Å². The average Bonchev–Trinajstić information content (AvgIpc) is 3.51. The number of hydrogen-bond donors (Lipinski definition) is 2. The smallest absolute Gasteiger partial charge is 0.243 e. The largest absolute Gasteiger partial charge is 0.468 e. The lowest BCUT2D eigenvalue weighted by atomic mass is 9.95. The first-order chi connectivity index (χ1) is 14.6. The Labute approximate surface area is 180 Å². The highest BCUT2D eigenvalue weighted by atomic mass is 16.3. The quantitative estimate of drug-likeness (QED) is 0.529. The van der Waals surface area contributed by atoms with Crippen LogP contribution in [-0.2, 0) is 4.79 Å². The number of carbonyl (C=O) groups excluding carboxylic acids is 1. The third-order valence-corrected chi connectivity index (χ3v) is 7.10. The van der Waals surface area contributed by atoms with Crippen molar-refractivity contribution in [1.29, 1.82) is 0 Å². The summed E-state index contributed by atoms with van der Waals surface area (Å²) in [6.07, 6.45) is 10.8. The van der Waals surface area contributed by atoms with Crippen molar-refractivity contribution in [3.8, 4) is 0 Å². The minimum absolute atomic E-state index is 0.0163. The van der Waals surface area contributed by atoms with Gasteiger partial charge in [-0.25, -0.2) is 4.99 Å². The van der Waals surface area contributed by atoms with E-state index < -0.39 is 0 Å². The molecule has 0 aromatic carbocycles. The average molecular weight is 416 g/mol. The number of nitrogens with one attached hydrogen (secondary N) is 2. The van der Waals surface area contributed by atoms with Crippen LogP contribution in [0.15, 0.2) is 27.8 Å². The fourth-order valence-electron chi connectivity index (χ4n) is 5.35. The molecule has 0 radical (unpaired) electrons. The molecule has 2 aliphatic carbocycles. The number of furan rings is 1. The van der Waals surface area contributed by atoms with E-state index >= 15 is 0 Å². The van der Waals surface area contributed by atoms with Crippen LogP contribution in [0.5, 0.6) is 0 Å². The highest BCUT2D eigenvalue weighted by Crippen LogP contribution is 2.44. The summed E-state index contributed by atoms with van der Waals surface area (Å²) in [5, 5.41) is 7.22. The van der Waals surface area contributed by atoms with Crippen LogP contribution in [0, 0.1) is 11.8 Å². The molecule has 2 saturated carbocycles. The van der Waals surface area contributed by atoms with Gasteiger partial charge in [0.15, 0.2) is 5.96 Å². The first-order valence-corrected chi connectivity index (χ1v) is 11.6. The van der Waals surface area contributed by atoms with E-state index in [0.29, 0.717) is 6.04 Å². The van der Waals surface area contributed by atoms with Gasteiger partial charge in [-0.15, -0.1) is 0 Å². The molecule has 4 unspecified atom stereocenters. The second-order valence-electron chi connectivity index (χ2n) is 9.39. The summed E-state index contributed by atoms with van der Waals surface area (Å²) in [6.45, 7) is 3.07. The lowest BCUT2D eigenvalue weighted by Crippen LogP contribution is -2.49. The molecular weight excluding hydrogens is 378 g/mol. The Morgan fingerprint density at radius 3 is 2.73 bits per heavy atom. The number of piperidine rings is 1. The van der Waals surface area contributed by atoms with Crippen molar-refractivity contribution in [2.45, 2.75) is 57.0 Å². The van der Waals surface area contributed by atoms with Crippen molar-refractivity contribution in [3.05, 3.63) is 24.2 Å². The summed E-state index contributed by atoms with van der Waals surface area (Å²) in [5.74, 6) is 3.38. The topological polar surface area (TPSA) is 73.1 Å². The van der Waals surface area contributed by atoms with Gasteiger partial charge in [-0.3, -0.25) is 9.69 Å². The van der Waals surface area contributed by atoms with Gasteiger partial charge in [-0.05, 0) is 69.2 Å². The Morgan fingerprint density at radius 1 is 1.27 bits per heavy atom. The van der Waals surface area contributed by atoms with Crippen LogP contribution in [0.25, 0.3) is 0 Å². The van der Waals surface area contributed by atoms with Gasteiger partial charge in [0.1, 0.15) is 12.3 Å². The predicted molar refractivity (Wildman–Crippen MR) is 118 cm³/mol. The van der Waals surface area contributed by atoms with E-state index in [2.05, 4.69) is 26.6 Å². The molecule has 3 fully saturated rings. The summed E-state index contributed by atoms with van der Waals surface area (Å²) >= 11 is 0. The number of nitrogens with zero attached hydrogens (tertiary/aromatic N) is 3. The monoisotopic (exact) mass is 415 g/mol. The Morgan fingerprint density at radius 2 is 2.10 bits per heavy atom. The van der Waals surface area contributed by atoms with Crippen LogP contribution < -0.4 is 10.6 Å². The van der Waals surface area contributed by atoms with Gasteiger partial charge in [-0.2, -0.15) is 0 Å². The molecule has 1 aliphatic heterocycles. The first-order valence-electron chi connectivity index (χ1n) is 11.6. The summed E-state index contributed by atoms with van der Waals surface area (Å²) in [6, 6.07) is 4.68. The SMILES string of the molecule is CN(C)C(=O)CN=C(NCC(c1ccco1)N1CCCCC1)NC1CC2CCC1C2. The van der Waals surface area contributed by atoms with Gasteiger partial charge >= 0.3 is 0 Å². The third kappa shape index (κ3) is 5.17. The molecule has 7 heteroatoms. The molecule has 4 rings (SSSR count). The van der Waals surface area contributed by atoms with Crippen molar-refractivity contribution in [2.24, 2.45) is 16.8 Å². The van der Waals surface area contributed by atoms with Crippen LogP contribution in [0.1, 0.15) is 56.7 Å². The molecule has 1 aromatic heterocycles. The number of fused-ring (bicyclic) bond motifs is 2. The van der Waals surface area contributed by atoms with Crippen molar-refractivity contribution in [3.63, 3.8) is 0 Å². The number of guanidine groups is 1. The highest BCUT2D eigenvalue weighted by Gasteiger charge is 2.40. The van der Waals surface area contributed by atoms with Gasteiger partial charge in [0.05, 0.1) is 12.3 Å². The summed E-state index contributed by atoms with van der Waals surface area (Å²) in [7, 11) is 3.55. The second kappa shape index (κ2) is 9.86. The maximum absolute atomic E-state index is 12.1. The Kier molecular flexibility index (Phi) is 6.97. The molecule has 3 aliphatic rings. The van der Waals surface area contributed by atoms with Crippen LogP contribution in [-0.4, -0.2) is 68.0 Å². The Hall–Kier alpha value is -2.02.